The molecule has 4 aromatic rings. The average Bonchev–Trinajstić information content (AvgIpc) is 3.06. The van der Waals surface area contributed by atoms with Gasteiger partial charge in [0.25, 0.3) is 0 Å². The molecule has 0 radical (unpaired) electrons. The van der Waals surface area contributed by atoms with E-state index in [1.807, 2.05) is 22.6 Å². The van der Waals surface area contributed by atoms with Crippen molar-refractivity contribution in [3.63, 3.8) is 0 Å². The van der Waals surface area contributed by atoms with Crippen molar-refractivity contribution in [1.29, 1.82) is 0 Å². The highest BCUT2D eigenvalue weighted by atomic mass is 16.3. The van der Waals surface area contributed by atoms with Gasteiger partial charge in [-0.15, -0.1) is 0 Å². The molecule has 0 bridgehead atoms. The third-order valence-electron chi connectivity index (χ3n) is 4.60. The number of benzene rings is 1. The lowest BCUT2D eigenvalue weighted by molar-refractivity contribution is 0.475. The molecule has 0 saturated carbocycles. The summed E-state index contributed by atoms with van der Waals surface area (Å²) in [5.74, 6) is 0.413. The molecule has 24 heavy (non-hydrogen) atoms. The van der Waals surface area contributed by atoms with E-state index in [1.165, 1.54) is 0 Å². The van der Waals surface area contributed by atoms with Crippen molar-refractivity contribution < 1.29 is 10.2 Å². The van der Waals surface area contributed by atoms with Gasteiger partial charge in [0.2, 0.25) is 0 Å². The highest BCUT2D eigenvalue weighted by Gasteiger charge is 2.20. The molecular formula is C20H17NO3. The van der Waals surface area contributed by atoms with Crippen molar-refractivity contribution in [2.24, 2.45) is 0 Å². The van der Waals surface area contributed by atoms with Gasteiger partial charge in [-0.3, -0.25) is 4.79 Å². The summed E-state index contributed by atoms with van der Waals surface area (Å²) in [7, 11) is 0. The van der Waals surface area contributed by atoms with Crippen molar-refractivity contribution >= 4 is 22.3 Å². The molecule has 4 rings (SSSR count). The lowest BCUT2D eigenvalue weighted by atomic mass is 9.99. The van der Waals surface area contributed by atoms with Crippen LogP contribution < -0.4 is 10.6 Å². The van der Waals surface area contributed by atoms with Crippen molar-refractivity contribution in [2.75, 3.05) is 0 Å². The van der Waals surface area contributed by atoms with Gasteiger partial charge >= 0.3 is 0 Å². The van der Waals surface area contributed by atoms with Crippen molar-refractivity contribution in [2.45, 2.75) is 20.3 Å². The van der Waals surface area contributed by atoms with E-state index in [9.17, 15) is 15.0 Å². The Morgan fingerprint density at radius 3 is 2.33 bits per heavy atom. The second-order valence-electron chi connectivity index (χ2n) is 6.08. The summed E-state index contributed by atoms with van der Waals surface area (Å²) < 4.78 is 2.04. The summed E-state index contributed by atoms with van der Waals surface area (Å²) in [5, 5.41) is 20.2. The van der Waals surface area contributed by atoms with Gasteiger partial charge in [0, 0.05) is 22.9 Å². The van der Waals surface area contributed by atoms with Gasteiger partial charge in [0.05, 0.1) is 22.3 Å². The summed E-state index contributed by atoms with van der Waals surface area (Å²) in [4.78, 5) is 12.1. The SMILES string of the molecule is CCc1c(-c2ccc(O)cc2)c2cc(=C(C)O)c3cc(=O)cc1n23. The van der Waals surface area contributed by atoms with Gasteiger partial charge in [0.1, 0.15) is 5.75 Å². The van der Waals surface area contributed by atoms with E-state index in [1.54, 1.807) is 31.2 Å². The number of rotatable bonds is 2. The number of aliphatic hydroxyl groups excluding tert-OH is 1. The first kappa shape index (κ1) is 14.6. The number of aromatic nitrogens is 1. The molecule has 0 atom stereocenters. The van der Waals surface area contributed by atoms with Crippen molar-refractivity contribution in [3.05, 3.63) is 63.5 Å². The molecule has 0 fully saturated rings. The Bertz CT molecular complexity index is 1170. The molecule has 0 aliphatic rings. The Kier molecular flexibility index (Phi) is 3.03. The third-order valence-corrected chi connectivity index (χ3v) is 4.60. The van der Waals surface area contributed by atoms with Crippen LogP contribution in [0.1, 0.15) is 19.4 Å². The monoisotopic (exact) mass is 319 g/mol. The molecule has 0 amide bonds. The summed E-state index contributed by atoms with van der Waals surface area (Å²) in [5.41, 5.74) is 5.63. The quantitative estimate of drug-likeness (QED) is 0.596. The van der Waals surface area contributed by atoms with Crippen LogP contribution in [0.25, 0.3) is 33.4 Å². The van der Waals surface area contributed by atoms with Gasteiger partial charge in [-0.1, -0.05) is 19.1 Å². The molecule has 2 N–H and O–H groups in total. The largest absolute Gasteiger partial charge is 0.512 e. The number of phenols is 1. The van der Waals surface area contributed by atoms with E-state index in [4.69, 9.17) is 0 Å². The Hall–Kier alpha value is -3.01. The predicted octanol–water partition coefficient (Wildman–Crippen LogP) is 3.23. The molecule has 0 unspecified atom stereocenters. The predicted molar refractivity (Wildman–Crippen MR) is 95.8 cm³/mol. The van der Waals surface area contributed by atoms with E-state index in [0.29, 0.717) is 5.22 Å². The van der Waals surface area contributed by atoms with Gasteiger partial charge in [-0.05, 0) is 42.7 Å². The number of pyridine rings is 1. The van der Waals surface area contributed by atoms with Crippen LogP contribution in [-0.4, -0.2) is 14.6 Å². The number of hydrogen-bond acceptors (Lipinski definition) is 3. The molecule has 3 heterocycles. The fourth-order valence-corrected chi connectivity index (χ4v) is 3.59. The van der Waals surface area contributed by atoms with Crippen LogP contribution in [0.3, 0.4) is 0 Å². The molecule has 4 heteroatoms. The van der Waals surface area contributed by atoms with Crippen LogP contribution in [-0.2, 0) is 6.42 Å². The fourth-order valence-electron chi connectivity index (χ4n) is 3.59. The number of aryl methyl sites for hydroxylation is 1. The first-order chi connectivity index (χ1) is 11.5. The van der Waals surface area contributed by atoms with Gasteiger partial charge in [0.15, 0.2) is 5.43 Å². The normalized spacial score (nSPS) is 13.1. The maximum absolute atomic E-state index is 12.1. The summed E-state index contributed by atoms with van der Waals surface area (Å²) in [6.07, 6.45) is 0.785. The number of hydrogen-bond donors (Lipinski definition) is 2. The van der Waals surface area contributed by atoms with E-state index in [0.717, 1.165) is 39.7 Å². The number of aliphatic hydroxyl groups is 1. The van der Waals surface area contributed by atoms with Crippen LogP contribution in [0, 0.1) is 0 Å². The molecule has 0 aliphatic heterocycles. The molecule has 0 aliphatic carbocycles. The van der Waals surface area contributed by atoms with Crippen molar-refractivity contribution in [3.8, 4) is 16.9 Å². The average molecular weight is 319 g/mol. The molecule has 3 aromatic heterocycles. The van der Waals surface area contributed by atoms with E-state index in [-0.39, 0.29) is 16.9 Å². The van der Waals surface area contributed by atoms with Crippen LogP contribution in [0.5, 0.6) is 5.75 Å². The van der Waals surface area contributed by atoms with E-state index < -0.39 is 0 Å². The zero-order valence-corrected chi connectivity index (χ0v) is 13.5. The minimum atomic E-state index is -0.0671. The zero-order chi connectivity index (χ0) is 17.0. The Morgan fingerprint density at radius 2 is 1.71 bits per heavy atom. The van der Waals surface area contributed by atoms with Crippen LogP contribution in [0.2, 0.25) is 0 Å². The highest BCUT2D eigenvalue weighted by molar-refractivity contribution is 5.95. The molecule has 1 aromatic carbocycles. The smallest absolute Gasteiger partial charge is 0.182 e. The number of aromatic hydroxyl groups is 1. The second kappa shape index (κ2) is 4.99. The number of nitrogens with zero attached hydrogens (tertiary/aromatic N) is 1. The maximum Gasteiger partial charge on any atom is 0.182 e. The molecule has 120 valence electrons. The molecule has 4 nitrogen and oxygen atoms in total. The first-order valence-electron chi connectivity index (χ1n) is 7.94. The zero-order valence-electron chi connectivity index (χ0n) is 13.5. The first-order valence-corrected chi connectivity index (χ1v) is 7.94. The Morgan fingerprint density at radius 1 is 1.04 bits per heavy atom. The highest BCUT2D eigenvalue weighted by Crippen LogP contribution is 2.36. The van der Waals surface area contributed by atoms with Gasteiger partial charge in [-0.25, -0.2) is 0 Å². The minimum Gasteiger partial charge on any atom is -0.512 e. The Balaban J connectivity index is 2.26. The van der Waals surface area contributed by atoms with Gasteiger partial charge < -0.3 is 14.6 Å². The lowest BCUT2D eigenvalue weighted by Crippen LogP contribution is -2.08. The summed E-state index contributed by atoms with van der Waals surface area (Å²) in [6.45, 7) is 3.69. The second-order valence-corrected chi connectivity index (χ2v) is 6.08. The molecule has 0 saturated heterocycles. The standard InChI is InChI=1S/C20H17NO3/c1-3-15-17-8-14(24)9-18-16(11(2)22)10-19(21(17)18)20(15)12-4-6-13(23)7-5-12/h4-10,22-23H,3H2,1-2H3. The number of phenolic OH excluding ortho intramolecular Hbond substituents is 1. The fraction of sp³-hybridized carbons (Fsp3) is 0.150. The van der Waals surface area contributed by atoms with Crippen molar-refractivity contribution in [1.82, 2.24) is 4.40 Å². The Labute approximate surface area is 138 Å². The van der Waals surface area contributed by atoms with E-state index in [2.05, 4.69) is 6.92 Å². The molecular weight excluding hydrogens is 302 g/mol. The molecule has 0 spiro atoms. The summed E-state index contributed by atoms with van der Waals surface area (Å²) >= 11 is 0. The van der Waals surface area contributed by atoms with E-state index >= 15 is 0 Å². The van der Waals surface area contributed by atoms with Gasteiger partial charge in [-0.2, -0.15) is 0 Å². The maximum atomic E-state index is 12.1. The van der Waals surface area contributed by atoms with Crippen LogP contribution in [0.15, 0.2) is 47.3 Å². The lowest BCUT2D eigenvalue weighted by Gasteiger charge is -2.04. The third kappa shape index (κ3) is 1.89. The van der Waals surface area contributed by atoms with Crippen LogP contribution in [0.4, 0.5) is 0 Å². The van der Waals surface area contributed by atoms with Crippen LogP contribution >= 0.6 is 0 Å². The topological polar surface area (TPSA) is 61.9 Å². The minimum absolute atomic E-state index is 0.0671. The summed E-state index contributed by atoms with van der Waals surface area (Å²) in [6, 6.07) is 12.2.